The monoisotopic (exact) mass is 390 g/mol. The third-order valence-electron chi connectivity index (χ3n) is 3.02. The Bertz CT molecular complexity index is 509. The summed E-state index contributed by atoms with van der Waals surface area (Å²) >= 11 is 2.14. The number of rotatable bonds is 4. The summed E-state index contributed by atoms with van der Waals surface area (Å²) in [5.41, 5.74) is 0.734. The van der Waals surface area contributed by atoms with E-state index in [1.54, 1.807) is 4.90 Å². The van der Waals surface area contributed by atoms with Crippen molar-refractivity contribution in [2.75, 3.05) is 31.6 Å². The smallest absolute Gasteiger partial charge is 0.323 e. The molecule has 6 nitrogen and oxygen atoms in total. The molecule has 1 unspecified atom stereocenters. The number of morpholine rings is 1. The van der Waals surface area contributed by atoms with Crippen LogP contribution in [0.2, 0.25) is 0 Å². The highest BCUT2D eigenvalue weighted by Crippen LogP contribution is 2.17. The summed E-state index contributed by atoms with van der Waals surface area (Å²) in [6, 6.07) is 6.68. The van der Waals surface area contributed by atoms with Crippen LogP contribution in [0.5, 0.6) is 0 Å². The van der Waals surface area contributed by atoms with Gasteiger partial charge in [0.15, 0.2) is 0 Å². The van der Waals surface area contributed by atoms with E-state index in [1.807, 2.05) is 24.3 Å². The third-order valence-corrected chi connectivity index (χ3v) is 3.96. The summed E-state index contributed by atoms with van der Waals surface area (Å²) in [5.74, 6) is -1.19. The van der Waals surface area contributed by atoms with Crippen molar-refractivity contribution in [1.82, 2.24) is 4.90 Å². The number of nitrogens with one attached hydrogen (secondary N) is 1. The Balaban J connectivity index is 1.96. The zero-order valence-electron chi connectivity index (χ0n) is 10.7. The number of amides is 1. The highest BCUT2D eigenvalue weighted by Gasteiger charge is 2.30. The van der Waals surface area contributed by atoms with Gasteiger partial charge in [0, 0.05) is 10.1 Å². The van der Waals surface area contributed by atoms with Gasteiger partial charge in [0.2, 0.25) is 5.91 Å². The summed E-state index contributed by atoms with van der Waals surface area (Å²) < 4.78 is 6.08. The van der Waals surface area contributed by atoms with Gasteiger partial charge in [-0.15, -0.1) is 0 Å². The number of carbonyl (C=O) groups is 2. The van der Waals surface area contributed by atoms with E-state index in [1.165, 1.54) is 0 Å². The maximum Gasteiger partial charge on any atom is 0.323 e. The summed E-state index contributed by atoms with van der Waals surface area (Å²) in [6.07, 6.45) is 0. The van der Waals surface area contributed by atoms with Gasteiger partial charge < -0.3 is 15.2 Å². The van der Waals surface area contributed by atoms with Gasteiger partial charge in [-0.1, -0.05) is 12.1 Å². The van der Waals surface area contributed by atoms with Crippen LogP contribution in [0.25, 0.3) is 0 Å². The Morgan fingerprint density at radius 3 is 2.90 bits per heavy atom. The molecule has 0 aromatic heterocycles. The average Bonchev–Trinajstić information content (AvgIpc) is 2.41. The summed E-state index contributed by atoms with van der Waals surface area (Å²) in [4.78, 5) is 24.7. The van der Waals surface area contributed by atoms with E-state index in [0.29, 0.717) is 13.2 Å². The molecular formula is C13H15IN2O4. The highest BCUT2D eigenvalue weighted by molar-refractivity contribution is 14.1. The molecule has 108 valence electrons. The van der Waals surface area contributed by atoms with E-state index < -0.39 is 12.0 Å². The number of aliphatic carboxylic acids is 1. The van der Waals surface area contributed by atoms with Crippen molar-refractivity contribution in [2.45, 2.75) is 6.04 Å². The Morgan fingerprint density at radius 2 is 2.20 bits per heavy atom. The lowest BCUT2D eigenvalue weighted by Gasteiger charge is -2.32. The number of ether oxygens (including phenoxy) is 1. The van der Waals surface area contributed by atoms with Crippen molar-refractivity contribution in [3.63, 3.8) is 0 Å². The standard InChI is InChI=1S/C13H15IN2O4/c14-9-3-1-2-4-10(9)15-12(17)7-16-5-6-20-8-11(16)13(18)19/h1-4,11H,5-8H2,(H,15,17)(H,18,19). The van der Waals surface area contributed by atoms with Gasteiger partial charge in [-0.05, 0) is 34.7 Å². The Morgan fingerprint density at radius 1 is 1.45 bits per heavy atom. The van der Waals surface area contributed by atoms with Gasteiger partial charge >= 0.3 is 5.97 Å². The average molecular weight is 390 g/mol. The molecular weight excluding hydrogens is 375 g/mol. The van der Waals surface area contributed by atoms with Gasteiger partial charge in [-0.3, -0.25) is 14.5 Å². The first-order valence-electron chi connectivity index (χ1n) is 6.17. The molecule has 1 fully saturated rings. The zero-order valence-corrected chi connectivity index (χ0v) is 12.9. The van der Waals surface area contributed by atoms with Crippen LogP contribution in [-0.4, -0.2) is 54.2 Å². The number of hydrogen-bond donors (Lipinski definition) is 2. The van der Waals surface area contributed by atoms with Crippen molar-refractivity contribution < 1.29 is 19.4 Å². The third kappa shape index (κ3) is 3.90. The van der Waals surface area contributed by atoms with Crippen molar-refractivity contribution in [1.29, 1.82) is 0 Å². The zero-order chi connectivity index (χ0) is 14.5. The number of benzene rings is 1. The number of anilines is 1. The van der Waals surface area contributed by atoms with Crippen LogP contribution in [0.1, 0.15) is 0 Å². The lowest BCUT2D eigenvalue weighted by molar-refractivity contribution is -0.150. The van der Waals surface area contributed by atoms with Gasteiger partial charge in [0.25, 0.3) is 0 Å². The van der Waals surface area contributed by atoms with E-state index in [9.17, 15) is 9.59 Å². The number of carbonyl (C=O) groups excluding carboxylic acids is 1. The molecule has 1 saturated heterocycles. The molecule has 1 aliphatic rings. The molecule has 0 aliphatic carbocycles. The normalized spacial score (nSPS) is 19.6. The van der Waals surface area contributed by atoms with E-state index >= 15 is 0 Å². The highest BCUT2D eigenvalue weighted by atomic mass is 127. The van der Waals surface area contributed by atoms with Crippen molar-refractivity contribution in [3.05, 3.63) is 27.8 Å². The number of carboxylic acids is 1. The van der Waals surface area contributed by atoms with Crippen molar-refractivity contribution in [3.8, 4) is 0 Å². The molecule has 0 saturated carbocycles. The maximum atomic E-state index is 12.0. The largest absolute Gasteiger partial charge is 0.480 e. The second kappa shape index (κ2) is 7.00. The predicted molar refractivity (Wildman–Crippen MR) is 81.6 cm³/mol. The van der Waals surface area contributed by atoms with Crippen molar-refractivity contribution in [2.24, 2.45) is 0 Å². The molecule has 20 heavy (non-hydrogen) atoms. The van der Waals surface area contributed by atoms with E-state index in [-0.39, 0.29) is 19.1 Å². The fourth-order valence-electron chi connectivity index (χ4n) is 1.99. The van der Waals surface area contributed by atoms with Crippen LogP contribution >= 0.6 is 22.6 Å². The van der Waals surface area contributed by atoms with Crippen LogP contribution in [-0.2, 0) is 14.3 Å². The first kappa shape index (κ1) is 15.2. The van der Waals surface area contributed by atoms with Gasteiger partial charge in [0.05, 0.1) is 25.4 Å². The molecule has 2 rings (SSSR count). The summed E-state index contributed by atoms with van der Waals surface area (Å²) in [7, 11) is 0. The van der Waals surface area contributed by atoms with Gasteiger partial charge in [-0.2, -0.15) is 0 Å². The molecule has 0 radical (unpaired) electrons. The van der Waals surface area contributed by atoms with E-state index in [2.05, 4.69) is 27.9 Å². The lowest BCUT2D eigenvalue weighted by Crippen LogP contribution is -2.52. The quantitative estimate of drug-likeness (QED) is 0.751. The second-order valence-corrected chi connectivity index (χ2v) is 5.59. The Hall–Kier alpha value is -1.19. The summed E-state index contributed by atoms with van der Waals surface area (Å²) in [5, 5.41) is 11.9. The van der Waals surface area contributed by atoms with E-state index in [0.717, 1.165) is 9.26 Å². The Kier molecular flexibility index (Phi) is 5.32. The molecule has 0 spiro atoms. The topological polar surface area (TPSA) is 78.9 Å². The molecule has 1 atom stereocenters. The predicted octanol–water partition coefficient (Wildman–Crippen LogP) is 1.02. The maximum absolute atomic E-state index is 12.0. The van der Waals surface area contributed by atoms with Crippen LogP contribution in [0.4, 0.5) is 5.69 Å². The minimum absolute atomic E-state index is 0.0469. The fourth-order valence-corrected chi connectivity index (χ4v) is 2.51. The lowest BCUT2D eigenvalue weighted by atomic mass is 10.2. The number of hydrogen-bond acceptors (Lipinski definition) is 4. The second-order valence-electron chi connectivity index (χ2n) is 4.43. The summed E-state index contributed by atoms with van der Waals surface area (Å²) in [6.45, 7) is 1.05. The first-order valence-corrected chi connectivity index (χ1v) is 7.25. The minimum Gasteiger partial charge on any atom is -0.480 e. The molecule has 2 N–H and O–H groups in total. The van der Waals surface area contributed by atoms with Crippen LogP contribution in [0.3, 0.4) is 0 Å². The van der Waals surface area contributed by atoms with Crippen LogP contribution < -0.4 is 5.32 Å². The molecule has 1 aromatic rings. The number of halogens is 1. The molecule has 1 aromatic carbocycles. The Labute approximate surface area is 130 Å². The van der Waals surface area contributed by atoms with Gasteiger partial charge in [-0.25, -0.2) is 0 Å². The molecule has 0 bridgehead atoms. The van der Waals surface area contributed by atoms with Crippen LogP contribution in [0, 0.1) is 3.57 Å². The van der Waals surface area contributed by atoms with Crippen LogP contribution in [0.15, 0.2) is 24.3 Å². The number of nitrogens with zero attached hydrogens (tertiary/aromatic N) is 1. The molecule has 7 heteroatoms. The fraction of sp³-hybridized carbons (Fsp3) is 0.385. The first-order chi connectivity index (χ1) is 9.58. The van der Waals surface area contributed by atoms with E-state index in [4.69, 9.17) is 9.84 Å². The van der Waals surface area contributed by atoms with Gasteiger partial charge in [0.1, 0.15) is 6.04 Å². The van der Waals surface area contributed by atoms with Crippen molar-refractivity contribution >= 4 is 40.2 Å². The molecule has 1 aliphatic heterocycles. The SMILES string of the molecule is O=C(CN1CCOCC1C(=O)O)Nc1ccccc1I. The minimum atomic E-state index is -0.966. The number of para-hydroxylation sites is 1. The number of carboxylic acid groups (broad SMARTS) is 1. The molecule has 1 amide bonds. The molecule has 1 heterocycles.